The number of rotatable bonds is 4. The Balaban J connectivity index is 0.00000208. The number of halogens is 1. The van der Waals surface area contributed by atoms with E-state index >= 15 is 0 Å². The van der Waals surface area contributed by atoms with Crippen LogP contribution in [0.4, 0.5) is 16.3 Å². The van der Waals surface area contributed by atoms with E-state index in [-0.39, 0.29) is 18.4 Å². The summed E-state index contributed by atoms with van der Waals surface area (Å²) in [5.41, 5.74) is 0.888. The molecule has 0 spiro atoms. The van der Waals surface area contributed by atoms with Crippen molar-refractivity contribution in [2.75, 3.05) is 32.1 Å². The van der Waals surface area contributed by atoms with Crippen molar-refractivity contribution < 1.29 is 22.1 Å². The third kappa shape index (κ3) is 4.01. The van der Waals surface area contributed by atoms with Gasteiger partial charge in [-0.2, -0.15) is 0 Å². The third-order valence-corrected chi connectivity index (χ3v) is 4.73. The fourth-order valence-corrected chi connectivity index (χ4v) is 3.54. The summed E-state index contributed by atoms with van der Waals surface area (Å²) in [6, 6.07) is 11.7. The van der Waals surface area contributed by atoms with Gasteiger partial charge in [-0.1, -0.05) is 23.9 Å². The minimum atomic E-state index is -0.119. The molecular weight excluding hydrogens is 344 g/mol. The molecule has 0 aliphatic carbocycles. The maximum absolute atomic E-state index is 12.7. The molecule has 7 heteroatoms. The molecular formula is C17H21ClN4OS. The number of urea groups is 1. The molecule has 3 rings (SSSR count). The first-order valence-corrected chi connectivity index (χ1v) is 8.57. The van der Waals surface area contributed by atoms with Gasteiger partial charge in [0.15, 0.2) is 5.82 Å². The minimum Gasteiger partial charge on any atom is -1.00 e. The normalized spacial score (nSPS) is 12.2. The zero-order valence-corrected chi connectivity index (χ0v) is 15.3. The van der Waals surface area contributed by atoms with Crippen LogP contribution in [0.5, 0.6) is 0 Å². The summed E-state index contributed by atoms with van der Waals surface area (Å²) in [5, 5.41) is 3.01. The van der Waals surface area contributed by atoms with Gasteiger partial charge in [0.25, 0.3) is 0 Å². The van der Waals surface area contributed by atoms with Crippen molar-refractivity contribution in [2.45, 2.75) is 16.2 Å². The highest BCUT2D eigenvalue weighted by molar-refractivity contribution is 7.99. The number of hydrogen-bond donors (Lipinski definition) is 2. The van der Waals surface area contributed by atoms with Crippen molar-refractivity contribution in [1.29, 1.82) is 0 Å². The second-order valence-corrected chi connectivity index (χ2v) is 6.86. The highest BCUT2D eigenvalue weighted by Crippen LogP contribution is 2.46. The molecule has 0 atom stereocenters. The molecule has 5 nitrogen and oxygen atoms in total. The number of aromatic nitrogens is 1. The lowest BCUT2D eigenvalue weighted by atomic mass is 10.2. The fraction of sp³-hybridized carbons (Fsp3) is 0.294. The molecule has 128 valence electrons. The Morgan fingerprint density at radius 3 is 2.75 bits per heavy atom. The average Bonchev–Trinajstić information content (AvgIpc) is 2.56. The standard InChI is InChI=1S/C17H20N4OS.ClH/c1-20(2)12-6-11-19-17(22)21-13-7-3-4-8-14(13)23-15-9-5-10-18-16(15)21;/h3-5,7-10H,6,11-12H2,1-2H3,(H,19,22);1H. The number of fused-ring (bicyclic) bond motifs is 2. The summed E-state index contributed by atoms with van der Waals surface area (Å²) in [4.78, 5) is 22.3. The van der Waals surface area contributed by atoms with Gasteiger partial charge in [0, 0.05) is 24.1 Å². The number of quaternary nitrogens is 1. The Morgan fingerprint density at radius 1 is 1.21 bits per heavy atom. The Labute approximate surface area is 152 Å². The molecule has 1 aliphatic heterocycles. The predicted octanol–water partition coefficient (Wildman–Crippen LogP) is -1.07. The van der Waals surface area contributed by atoms with Gasteiger partial charge in [-0.3, -0.25) is 0 Å². The average molecular weight is 365 g/mol. The van der Waals surface area contributed by atoms with Gasteiger partial charge in [-0.05, 0) is 24.3 Å². The van der Waals surface area contributed by atoms with Gasteiger partial charge >= 0.3 is 6.03 Å². The lowest BCUT2D eigenvalue weighted by Crippen LogP contribution is -3.05. The van der Waals surface area contributed by atoms with Gasteiger partial charge < -0.3 is 22.6 Å². The fourth-order valence-electron chi connectivity index (χ4n) is 2.51. The highest BCUT2D eigenvalue weighted by atomic mass is 35.5. The molecule has 24 heavy (non-hydrogen) atoms. The van der Waals surface area contributed by atoms with Gasteiger partial charge in [-0.25, -0.2) is 14.7 Å². The number of anilines is 2. The van der Waals surface area contributed by atoms with E-state index in [0.717, 1.165) is 28.4 Å². The second kappa shape index (κ2) is 8.37. The number of benzene rings is 1. The minimum absolute atomic E-state index is 0. The van der Waals surface area contributed by atoms with Crippen LogP contribution in [0.3, 0.4) is 0 Å². The third-order valence-electron chi connectivity index (χ3n) is 3.62. The maximum Gasteiger partial charge on any atom is 0.327 e. The zero-order valence-electron chi connectivity index (χ0n) is 13.8. The largest absolute Gasteiger partial charge is 1.00 e. The lowest BCUT2D eigenvalue weighted by Gasteiger charge is -2.29. The first-order chi connectivity index (χ1) is 11.2. The van der Waals surface area contributed by atoms with E-state index in [1.807, 2.05) is 36.4 Å². The molecule has 1 aromatic heterocycles. The van der Waals surface area contributed by atoms with E-state index in [0.29, 0.717) is 12.4 Å². The number of pyridine rings is 1. The van der Waals surface area contributed by atoms with Gasteiger partial charge in [0.2, 0.25) is 0 Å². The van der Waals surface area contributed by atoms with E-state index in [1.54, 1.807) is 22.9 Å². The molecule has 1 aliphatic rings. The lowest BCUT2D eigenvalue weighted by molar-refractivity contribution is -0.858. The van der Waals surface area contributed by atoms with Crippen molar-refractivity contribution in [2.24, 2.45) is 0 Å². The van der Waals surface area contributed by atoms with Gasteiger partial charge in [-0.15, -0.1) is 0 Å². The number of nitrogens with zero attached hydrogens (tertiary/aromatic N) is 2. The highest BCUT2D eigenvalue weighted by Gasteiger charge is 2.28. The number of carbonyl (C=O) groups excluding carboxylic acids is 1. The SMILES string of the molecule is C[NH+](C)CCCNC(=O)N1c2ccccc2Sc2cccnc21.[Cl-]. The molecule has 2 amide bonds. The van der Waals surface area contributed by atoms with Crippen LogP contribution < -0.4 is 27.5 Å². The molecule has 0 radical (unpaired) electrons. The van der Waals surface area contributed by atoms with Crippen LogP contribution >= 0.6 is 11.8 Å². The maximum atomic E-state index is 12.7. The topological polar surface area (TPSA) is 49.7 Å². The van der Waals surface area contributed by atoms with Crippen LogP contribution in [-0.4, -0.2) is 38.2 Å². The Bertz CT molecular complexity index is 665. The number of para-hydroxylation sites is 1. The number of hydrogen-bond acceptors (Lipinski definition) is 3. The molecule has 0 fully saturated rings. The van der Waals surface area contributed by atoms with E-state index in [1.165, 1.54) is 4.90 Å². The molecule has 1 aromatic carbocycles. The van der Waals surface area contributed by atoms with E-state index in [9.17, 15) is 4.79 Å². The summed E-state index contributed by atoms with van der Waals surface area (Å²) in [6.07, 6.45) is 2.68. The first kappa shape index (κ1) is 18.6. The van der Waals surface area contributed by atoms with Crippen LogP contribution in [0.15, 0.2) is 52.4 Å². The molecule has 0 bridgehead atoms. The Morgan fingerprint density at radius 2 is 1.96 bits per heavy atom. The molecule has 0 unspecified atom stereocenters. The van der Waals surface area contributed by atoms with Crippen LogP contribution in [0.25, 0.3) is 0 Å². The number of amides is 2. The monoisotopic (exact) mass is 364 g/mol. The number of nitrogens with one attached hydrogen (secondary N) is 2. The van der Waals surface area contributed by atoms with Crippen LogP contribution in [0, 0.1) is 0 Å². The van der Waals surface area contributed by atoms with E-state index in [4.69, 9.17) is 0 Å². The van der Waals surface area contributed by atoms with E-state index in [2.05, 4.69) is 24.4 Å². The molecule has 2 N–H and O–H groups in total. The van der Waals surface area contributed by atoms with Crippen molar-refractivity contribution >= 4 is 29.3 Å². The summed E-state index contributed by atoms with van der Waals surface area (Å²) in [5.74, 6) is 0.701. The van der Waals surface area contributed by atoms with Crippen LogP contribution in [0.2, 0.25) is 0 Å². The van der Waals surface area contributed by atoms with Crippen molar-refractivity contribution in [3.05, 3.63) is 42.6 Å². The second-order valence-electron chi connectivity index (χ2n) is 5.77. The van der Waals surface area contributed by atoms with Gasteiger partial charge in [0.05, 0.1) is 31.2 Å². The van der Waals surface area contributed by atoms with Crippen LogP contribution in [-0.2, 0) is 0 Å². The summed E-state index contributed by atoms with van der Waals surface area (Å²) >= 11 is 1.65. The predicted molar refractivity (Wildman–Crippen MR) is 92.6 cm³/mol. The number of carbonyl (C=O) groups is 1. The molecule has 2 aromatic rings. The van der Waals surface area contributed by atoms with Crippen molar-refractivity contribution in [3.8, 4) is 0 Å². The Hall–Kier alpha value is -1.76. The smallest absolute Gasteiger partial charge is 0.327 e. The van der Waals surface area contributed by atoms with Crippen molar-refractivity contribution in [3.63, 3.8) is 0 Å². The zero-order chi connectivity index (χ0) is 16.2. The van der Waals surface area contributed by atoms with Crippen LogP contribution in [0.1, 0.15) is 6.42 Å². The van der Waals surface area contributed by atoms with Gasteiger partial charge in [0.1, 0.15) is 0 Å². The molecule has 0 saturated carbocycles. The summed E-state index contributed by atoms with van der Waals surface area (Å²) < 4.78 is 0. The quantitative estimate of drug-likeness (QED) is 0.679. The molecule has 0 saturated heterocycles. The summed E-state index contributed by atoms with van der Waals surface area (Å²) in [6.45, 7) is 1.69. The summed E-state index contributed by atoms with van der Waals surface area (Å²) in [7, 11) is 4.22. The Kier molecular flexibility index (Phi) is 6.48. The van der Waals surface area contributed by atoms with Crippen molar-refractivity contribution in [1.82, 2.24) is 10.3 Å². The van der Waals surface area contributed by atoms with E-state index < -0.39 is 0 Å². The molecule has 2 heterocycles. The first-order valence-electron chi connectivity index (χ1n) is 7.75.